The first-order chi connectivity index (χ1) is 12.5. The maximum atomic E-state index is 13.0. The molecule has 1 amide bonds. The van der Waals surface area contributed by atoms with Crippen molar-refractivity contribution in [3.05, 3.63) is 30.0 Å². The third-order valence-corrected chi connectivity index (χ3v) is 6.74. The second-order valence-electron chi connectivity index (χ2n) is 8.59. The Morgan fingerprint density at radius 2 is 1.92 bits per heavy atom. The molecule has 26 heavy (non-hydrogen) atoms. The summed E-state index contributed by atoms with van der Waals surface area (Å²) < 4.78 is 5.15. The molecule has 4 bridgehead atoms. The lowest BCUT2D eigenvalue weighted by Gasteiger charge is -2.60. The van der Waals surface area contributed by atoms with E-state index in [1.54, 1.807) is 0 Å². The minimum Gasteiger partial charge on any atom is -0.469 e. The van der Waals surface area contributed by atoms with Gasteiger partial charge in [-0.3, -0.25) is 14.7 Å². The van der Waals surface area contributed by atoms with Crippen LogP contribution >= 0.6 is 0 Å². The Morgan fingerprint density at radius 1 is 1.19 bits per heavy atom. The van der Waals surface area contributed by atoms with Crippen molar-refractivity contribution in [2.45, 2.75) is 44.1 Å². The number of rotatable bonds is 3. The van der Waals surface area contributed by atoms with E-state index in [1.165, 1.54) is 13.5 Å². The number of carbonyl (C=O) groups excluding carboxylic acids is 2. The van der Waals surface area contributed by atoms with Crippen LogP contribution in [0.2, 0.25) is 0 Å². The highest BCUT2D eigenvalue weighted by Gasteiger charge is 2.61. The molecule has 0 spiro atoms. The van der Waals surface area contributed by atoms with Crippen molar-refractivity contribution in [3.63, 3.8) is 0 Å². The summed E-state index contributed by atoms with van der Waals surface area (Å²) in [6.45, 7) is 0. The smallest absolute Gasteiger partial charge is 0.311 e. The fraction of sp³-hybridized carbons (Fsp3) is 0.550. The summed E-state index contributed by atoms with van der Waals surface area (Å²) in [7, 11) is 1.47. The fourth-order valence-electron chi connectivity index (χ4n) is 6.30. The zero-order chi connectivity index (χ0) is 17.9. The number of carbonyl (C=O) groups is 2. The highest BCUT2D eigenvalue weighted by Crippen LogP contribution is 2.62. The van der Waals surface area contributed by atoms with Crippen molar-refractivity contribution in [3.8, 4) is 0 Å². The maximum absolute atomic E-state index is 13.0. The van der Waals surface area contributed by atoms with Gasteiger partial charge in [-0.1, -0.05) is 18.2 Å². The standard InChI is InChI=1S/C20H23N3O3/c1-26-18(25)19-7-12-6-13(8-19)10-20(9-12,11-19)21-17(24)16-14-4-2-3-5-15(14)22-23-16/h2-5,12-13H,6-11H2,1H3,(H,21,24)(H,22,23)/t12-,13-,19?,20?/m0/s1. The molecule has 1 heterocycles. The SMILES string of the molecule is COC(=O)C12C[C@@H]3C[C@H](CC(NC(=O)c4n[nH]c5ccccc45)(C3)C1)C2. The van der Waals surface area contributed by atoms with Crippen molar-refractivity contribution in [2.24, 2.45) is 17.3 Å². The molecule has 0 unspecified atom stereocenters. The number of benzene rings is 1. The Bertz CT molecular complexity index is 889. The topological polar surface area (TPSA) is 84.1 Å². The monoisotopic (exact) mass is 353 g/mol. The van der Waals surface area contributed by atoms with Gasteiger partial charge in [0.2, 0.25) is 0 Å². The van der Waals surface area contributed by atoms with Gasteiger partial charge in [-0.2, -0.15) is 5.10 Å². The quantitative estimate of drug-likeness (QED) is 0.831. The number of hydrogen-bond acceptors (Lipinski definition) is 4. The predicted molar refractivity (Wildman–Crippen MR) is 95.4 cm³/mol. The first-order valence-corrected chi connectivity index (χ1v) is 9.37. The van der Waals surface area contributed by atoms with E-state index in [0.29, 0.717) is 24.0 Å². The van der Waals surface area contributed by atoms with Gasteiger partial charge >= 0.3 is 5.97 Å². The summed E-state index contributed by atoms with van der Waals surface area (Å²) in [6, 6.07) is 7.65. The molecule has 2 aromatic rings. The number of para-hydroxylation sites is 1. The molecule has 6 rings (SSSR count). The van der Waals surface area contributed by atoms with E-state index in [4.69, 9.17) is 4.74 Å². The zero-order valence-corrected chi connectivity index (χ0v) is 14.9. The van der Waals surface area contributed by atoms with E-state index in [0.717, 1.165) is 36.6 Å². The van der Waals surface area contributed by atoms with Crippen molar-refractivity contribution < 1.29 is 14.3 Å². The molecule has 2 N–H and O–H groups in total. The van der Waals surface area contributed by atoms with Gasteiger partial charge in [0.05, 0.1) is 18.0 Å². The largest absolute Gasteiger partial charge is 0.469 e. The van der Waals surface area contributed by atoms with E-state index in [9.17, 15) is 9.59 Å². The first-order valence-electron chi connectivity index (χ1n) is 9.37. The van der Waals surface area contributed by atoms with E-state index >= 15 is 0 Å². The van der Waals surface area contributed by atoms with E-state index < -0.39 is 5.41 Å². The second kappa shape index (κ2) is 5.32. The lowest BCUT2D eigenvalue weighted by Crippen LogP contribution is -2.64. The number of fused-ring (bicyclic) bond motifs is 1. The van der Waals surface area contributed by atoms with Gasteiger partial charge in [-0.25, -0.2) is 0 Å². The van der Waals surface area contributed by atoms with Gasteiger partial charge in [-0.15, -0.1) is 0 Å². The number of aromatic amines is 1. The van der Waals surface area contributed by atoms with Gasteiger partial charge in [0, 0.05) is 10.9 Å². The second-order valence-corrected chi connectivity index (χ2v) is 8.59. The number of nitrogens with zero attached hydrogens (tertiary/aromatic N) is 1. The Labute approximate surface area is 151 Å². The Morgan fingerprint density at radius 3 is 2.65 bits per heavy atom. The number of esters is 1. The van der Waals surface area contributed by atoms with Gasteiger partial charge < -0.3 is 10.1 Å². The van der Waals surface area contributed by atoms with Crippen LogP contribution in [0.5, 0.6) is 0 Å². The lowest BCUT2D eigenvalue weighted by atomic mass is 9.47. The summed E-state index contributed by atoms with van der Waals surface area (Å²) in [6.07, 6.45) is 5.57. The predicted octanol–water partition coefficient (Wildman–Crippen LogP) is 2.80. The molecule has 2 atom stereocenters. The maximum Gasteiger partial charge on any atom is 0.311 e. The summed E-state index contributed by atoms with van der Waals surface area (Å²) in [5.41, 5.74) is 0.562. The van der Waals surface area contributed by atoms with Crippen LogP contribution < -0.4 is 5.32 Å². The van der Waals surface area contributed by atoms with Gasteiger partial charge in [0.15, 0.2) is 5.69 Å². The molecule has 4 fully saturated rings. The van der Waals surface area contributed by atoms with Crippen LogP contribution in [0.15, 0.2) is 24.3 Å². The van der Waals surface area contributed by atoms with Crippen LogP contribution in [0.4, 0.5) is 0 Å². The third kappa shape index (κ3) is 2.20. The molecule has 0 saturated heterocycles. The van der Waals surface area contributed by atoms with Gasteiger partial charge in [-0.05, 0) is 56.4 Å². The van der Waals surface area contributed by atoms with Crippen LogP contribution in [-0.2, 0) is 9.53 Å². The van der Waals surface area contributed by atoms with Crippen molar-refractivity contribution in [1.29, 1.82) is 0 Å². The summed E-state index contributed by atoms with van der Waals surface area (Å²) in [4.78, 5) is 25.6. The molecular weight excluding hydrogens is 330 g/mol. The average Bonchev–Trinajstić information content (AvgIpc) is 3.03. The summed E-state index contributed by atoms with van der Waals surface area (Å²) >= 11 is 0. The minimum absolute atomic E-state index is 0.101. The Balaban J connectivity index is 1.46. The van der Waals surface area contributed by atoms with Crippen LogP contribution in [0, 0.1) is 17.3 Å². The van der Waals surface area contributed by atoms with Crippen LogP contribution in [0.25, 0.3) is 10.9 Å². The molecule has 0 radical (unpaired) electrons. The highest BCUT2D eigenvalue weighted by atomic mass is 16.5. The highest BCUT2D eigenvalue weighted by molar-refractivity contribution is 6.05. The van der Waals surface area contributed by atoms with Gasteiger partial charge in [0.1, 0.15) is 0 Å². The zero-order valence-electron chi connectivity index (χ0n) is 14.9. The number of methoxy groups -OCH3 is 1. The van der Waals surface area contributed by atoms with E-state index in [-0.39, 0.29) is 17.4 Å². The van der Waals surface area contributed by atoms with Crippen LogP contribution in [0.3, 0.4) is 0 Å². The molecule has 6 nitrogen and oxygen atoms in total. The van der Waals surface area contributed by atoms with Crippen LogP contribution in [0.1, 0.15) is 49.0 Å². The Kier molecular flexibility index (Phi) is 3.24. The number of amides is 1. The molecule has 1 aromatic heterocycles. The average molecular weight is 353 g/mol. The lowest BCUT2D eigenvalue weighted by molar-refractivity contribution is -0.171. The Hall–Kier alpha value is -2.37. The van der Waals surface area contributed by atoms with Crippen molar-refractivity contribution >= 4 is 22.8 Å². The third-order valence-electron chi connectivity index (χ3n) is 6.74. The molecule has 0 aliphatic heterocycles. The number of aromatic nitrogens is 2. The number of ether oxygens (including phenoxy) is 1. The van der Waals surface area contributed by atoms with Gasteiger partial charge in [0.25, 0.3) is 5.91 Å². The molecule has 136 valence electrons. The summed E-state index contributed by atoms with van der Waals surface area (Å²) in [5.74, 6) is 0.734. The molecule has 4 saturated carbocycles. The van der Waals surface area contributed by atoms with Crippen molar-refractivity contribution in [2.75, 3.05) is 7.11 Å². The first kappa shape index (κ1) is 15.9. The van der Waals surface area contributed by atoms with Crippen molar-refractivity contribution in [1.82, 2.24) is 15.5 Å². The number of H-pyrrole nitrogens is 1. The molecule has 4 aliphatic carbocycles. The van der Waals surface area contributed by atoms with Crippen LogP contribution in [-0.4, -0.2) is 34.7 Å². The number of nitrogens with one attached hydrogen (secondary N) is 2. The normalized spacial score (nSPS) is 34.8. The molecule has 1 aromatic carbocycles. The molecule has 6 heteroatoms. The number of hydrogen-bond donors (Lipinski definition) is 2. The fourth-order valence-corrected chi connectivity index (χ4v) is 6.30. The summed E-state index contributed by atoms with van der Waals surface area (Å²) in [5, 5.41) is 11.3. The minimum atomic E-state index is -0.417. The van der Waals surface area contributed by atoms with E-state index in [2.05, 4.69) is 15.5 Å². The molecule has 4 aliphatic rings. The molecular formula is C20H23N3O3. The van der Waals surface area contributed by atoms with E-state index in [1.807, 2.05) is 24.3 Å².